The molecular formula is C27H27FN10O2. The van der Waals surface area contributed by atoms with Crippen LogP contribution in [0, 0.1) is 24.1 Å². The summed E-state index contributed by atoms with van der Waals surface area (Å²) >= 11 is 0. The summed E-state index contributed by atoms with van der Waals surface area (Å²) in [5.41, 5.74) is 2.05. The second-order valence-corrected chi connectivity index (χ2v) is 9.51. The van der Waals surface area contributed by atoms with Crippen LogP contribution < -0.4 is 10.6 Å². The number of hydrogen-bond donors (Lipinski definition) is 3. The number of H-pyrrole nitrogens is 1. The summed E-state index contributed by atoms with van der Waals surface area (Å²) in [4.78, 5) is 26.6. The van der Waals surface area contributed by atoms with E-state index in [-0.39, 0.29) is 17.6 Å². The van der Waals surface area contributed by atoms with Crippen LogP contribution in [0.4, 0.5) is 16.0 Å². The molecule has 12 nitrogen and oxygen atoms in total. The highest BCUT2D eigenvalue weighted by molar-refractivity contribution is 5.87. The Morgan fingerprint density at radius 3 is 2.73 bits per heavy atom. The number of ether oxygens (including phenoxy) is 1. The van der Waals surface area contributed by atoms with Gasteiger partial charge in [-0.05, 0) is 43.9 Å². The molecule has 4 aromatic rings. The fourth-order valence-electron chi connectivity index (χ4n) is 4.52. The number of nitrogens with zero attached hydrogens (tertiary/aromatic N) is 7. The molecule has 204 valence electrons. The van der Waals surface area contributed by atoms with Crippen molar-refractivity contribution in [2.75, 3.05) is 12.4 Å². The van der Waals surface area contributed by atoms with Gasteiger partial charge in [0.15, 0.2) is 29.0 Å². The van der Waals surface area contributed by atoms with Gasteiger partial charge < -0.3 is 15.4 Å². The zero-order valence-electron chi connectivity index (χ0n) is 22.1. The third-order valence-corrected chi connectivity index (χ3v) is 6.83. The Morgan fingerprint density at radius 1 is 1.27 bits per heavy atom. The Balaban J connectivity index is 1.29. The van der Waals surface area contributed by atoms with E-state index >= 15 is 0 Å². The fraction of sp³-hybridized carbons (Fsp3) is 0.296. The molecule has 2 atom stereocenters. The number of anilines is 2. The lowest BCUT2D eigenvalue weighted by Gasteiger charge is -2.34. The number of nitriles is 1. The van der Waals surface area contributed by atoms with E-state index in [1.807, 2.05) is 26.0 Å². The summed E-state index contributed by atoms with van der Waals surface area (Å²) in [5, 5.41) is 26.6. The molecule has 0 saturated carbocycles. The van der Waals surface area contributed by atoms with Crippen molar-refractivity contribution in [2.45, 2.75) is 44.8 Å². The van der Waals surface area contributed by atoms with Crippen LogP contribution in [0.2, 0.25) is 0 Å². The van der Waals surface area contributed by atoms with Gasteiger partial charge in [-0.3, -0.25) is 9.89 Å². The molecule has 1 aliphatic rings. The summed E-state index contributed by atoms with van der Waals surface area (Å²) in [5.74, 6) is 0.790. The van der Waals surface area contributed by atoms with Gasteiger partial charge in [-0.15, -0.1) is 0 Å². The molecule has 1 aliphatic carbocycles. The minimum Gasteiger partial charge on any atom is -0.368 e. The molecule has 13 heteroatoms. The van der Waals surface area contributed by atoms with Crippen molar-refractivity contribution < 1.29 is 13.9 Å². The molecule has 40 heavy (non-hydrogen) atoms. The molecule has 1 amide bonds. The van der Waals surface area contributed by atoms with Crippen molar-refractivity contribution in [1.82, 2.24) is 40.2 Å². The van der Waals surface area contributed by atoms with Crippen LogP contribution in [-0.4, -0.2) is 53.5 Å². The average molecular weight is 543 g/mol. The number of aryl methyl sites for hydroxylation is 1. The van der Waals surface area contributed by atoms with E-state index in [1.165, 1.54) is 24.2 Å². The highest BCUT2D eigenvalue weighted by atomic mass is 19.1. The molecular weight excluding hydrogens is 515 g/mol. The van der Waals surface area contributed by atoms with E-state index in [9.17, 15) is 14.4 Å². The van der Waals surface area contributed by atoms with Crippen LogP contribution in [0.25, 0.3) is 11.4 Å². The largest absolute Gasteiger partial charge is 0.368 e. The van der Waals surface area contributed by atoms with Gasteiger partial charge in [0.25, 0.3) is 5.91 Å². The summed E-state index contributed by atoms with van der Waals surface area (Å²) in [6.45, 7) is 3.74. The monoisotopic (exact) mass is 542 g/mol. The number of nitrogens with one attached hydrogen (secondary N) is 3. The molecule has 0 bridgehead atoms. The molecule has 5 rings (SSSR count). The Kier molecular flexibility index (Phi) is 7.35. The van der Waals surface area contributed by atoms with Gasteiger partial charge in [0.05, 0.1) is 24.6 Å². The number of pyridine rings is 1. The molecule has 0 spiro atoms. The molecule has 3 N–H and O–H groups in total. The number of carbonyl (C=O) groups excluding carboxylic acids is 1. The Morgan fingerprint density at radius 2 is 2.12 bits per heavy atom. The van der Waals surface area contributed by atoms with Gasteiger partial charge in [0.2, 0.25) is 0 Å². The smallest absolute Gasteiger partial charge is 0.253 e. The summed E-state index contributed by atoms with van der Waals surface area (Å²) in [6, 6.07) is 7.08. The summed E-state index contributed by atoms with van der Waals surface area (Å²) in [7, 11) is 1.51. The number of aromatic nitrogens is 7. The first kappa shape index (κ1) is 26.6. The average Bonchev–Trinajstić information content (AvgIpc) is 3.60. The Labute approximate surface area is 229 Å². The van der Waals surface area contributed by atoms with E-state index in [4.69, 9.17) is 4.74 Å². The van der Waals surface area contributed by atoms with Crippen LogP contribution >= 0.6 is 0 Å². The first-order valence-corrected chi connectivity index (χ1v) is 12.6. The van der Waals surface area contributed by atoms with E-state index in [2.05, 4.69) is 47.0 Å². The first-order chi connectivity index (χ1) is 19.3. The molecule has 4 aromatic heterocycles. The third-order valence-electron chi connectivity index (χ3n) is 6.83. The predicted molar refractivity (Wildman–Crippen MR) is 143 cm³/mol. The fourth-order valence-corrected chi connectivity index (χ4v) is 4.52. The van der Waals surface area contributed by atoms with Crippen molar-refractivity contribution in [2.24, 2.45) is 0 Å². The van der Waals surface area contributed by atoms with Crippen LogP contribution in [0.5, 0.6) is 0 Å². The molecule has 0 fully saturated rings. The van der Waals surface area contributed by atoms with E-state index in [0.29, 0.717) is 42.4 Å². The maximum Gasteiger partial charge on any atom is 0.253 e. The lowest BCUT2D eigenvalue weighted by Crippen LogP contribution is -2.49. The topological polar surface area (TPSA) is 159 Å². The van der Waals surface area contributed by atoms with Gasteiger partial charge in [-0.1, -0.05) is 12.1 Å². The molecule has 4 heterocycles. The van der Waals surface area contributed by atoms with E-state index in [1.54, 1.807) is 18.3 Å². The van der Waals surface area contributed by atoms with Crippen molar-refractivity contribution in [1.29, 1.82) is 5.26 Å². The van der Waals surface area contributed by atoms with Gasteiger partial charge >= 0.3 is 0 Å². The van der Waals surface area contributed by atoms with E-state index in [0.717, 1.165) is 23.0 Å². The summed E-state index contributed by atoms with van der Waals surface area (Å²) < 4.78 is 20.4. The normalized spacial score (nSPS) is 17.5. The molecule has 0 aromatic carbocycles. The standard InChI is InChI=1S/C27H27FN10O2/c1-16-10-22(37-36-16)34-23-14-30-21(11-29)25(35-23)18-6-8-27(40-3,9-7-18)26(39)33-17(2)19-4-5-24(31-12-19)38-15-20(28)13-32-38/h4-6,10,12-15,17H,7-9H2,1-3H3,(H,33,39)(H2,34,35,36,37)/t17-,27?/m0/s1. The van der Waals surface area contributed by atoms with Crippen LogP contribution in [-0.2, 0) is 9.53 Å². The quantitative estimate of drug-likeness (QED) is 0.302. The molecule has 0 radical (unpaired) electrons. The van der Waals surface area contributed by atoms with Crippen molar-refractivity contribution in [3.63, 3.8) is 0 Å². The SMILES string of the molecule is COC1(C(=O)N[C@@H](C)c2ccc(-n3cc(F)cn3)nc2)CC=C(c2nc(Nc3cc(C)[nH]n3)cnc2C#N)CC1. The maximum absolute atomic E-state index is 13.4. The van der Waals surface area contributed by atoms with Crippen molar-refractivity contribution in [3.8, 4) is 11.9 Å². The minimum absolute atomic E-state index is 0.201. The number of rotatable bonds is 8. The number of allylic oxidation sites excluding steroid dienone is 1. The van der Waals surface area contributed by atoms with Crippen LogP contribution in [0.15, 0.2) is 49.1 Å². The number of amides is 1. The Bertz CT molecular complexity index is 1600. The van der Waals surface area contributed by atoms with Crippen molar-refractivity contribution in [3.05, 3.63) is 77.5 Å². The Hall–Kier alpha value is -4.96. The van der Waals surface area contributed by atoms with Gasteiger partial charge in [-0.2, -0.15) is 15.5 Å². The predicted octanol–water partition coefficient (Wildman–Crippen LogP) is 3.67. The third kappa shape index (κ3) is 5.43. The highest BCUT2D eigenvalue weighted by Gasteiger charge is 2.41. The van der Waals surface area contributed by atoms with Gasteiger partial charge in [-0.25, -0.2) is 24.0 Å². The number of aromatic amines is 1. The number of halogens is 1. The number of hydrogen-bond acceptors (Lipinski definition) is 9. The second-order valence-electron chi connectivity index (χ2n) is 9.51. The van der Waals surface area contributed by atoms with Crippen molar-refractivity contribution >= 4 is 23.1 Å². The maximum atomic E-state index is 13.4. The molecule has 0 saturated heterocycles. The summed E-state index contributed by atoms with van der Waals surface area (Å²) in [6.07, 6.45) is 8.46. The number of carbonyl (C=O) groups is 1. The lowest BCUT2D eigenvalue weighted by molar-refractivity contribution is -0.145. The second kappa shape index (κ2) is 11.0. The molecule has 0 aliphatic heterocycles. The lowest BCUT2D eigenvalue weighted by atomic mass is 9.83. The highest BCUT2D eigenvalue weighted by Crippen LogP contribution is 2.36. The van der Waals surface area contributed by atoms with Gasteiger partial charge in [0, 0.05) is 31.5 Å². The van der Waals surface area contributed by atoms with Crippen LogP contribution in [0.3, 0.4) is 0 Å². The number of methoxy groups -OCH3 is 1. The molecule has 1 unspecified atom stereocenters. The zero-order chi connectivity index (χ0) is 28.3. The minimum atomic E-state index is -1.08. The van der Waals surface area contributed by atoms with Crippen LogP contribution in [0.1, 0.15) is 54.9 Å². The first-order valence-electron chi connectivity index (χ1n) is 12.6. The van der Waals surface area contributed by atoms with Gasteiger partial charge in [0.1, 0.15) is 17.4 Å². The van der Waals surface area contributed by atoms with E-state index < -0.39 is 11.4 Å². The zero-order valence-corrected chi connectivity index (χ0v) is 22.1.